The summed E-state index contributed by atoms with van der Waals surface area (Å²) in [7, 11) is 0. The highest BCUT2D eigenvalue weighted by molar-refractivity contribution is 6.07. The summed E-state index contributed by atoms with van der Waals surface area (Å²) in [5.41, 5.74) is 6.69. The van der Waals surface area contributed by atoms with E-state index in [1.54, 1.807) is 6.20 Å². The van der Waals surface area contributed by atoms with Crippen LogP contribution in [-0.2, 0) is 6.54 Å². The predicted octanol–water partition coefficient (Wildman–Crippen LogP) is 5.20. The maximum atomic E-state index is 12.9. The van der Waals surface area contributed by atoms with Crippen molar-refractivity contribution < 1.29 is 4.79 Å². The summed E-state index contributed by atoms with van der Waals surface area (Å²) in [5.74, 6) is -0.125. The first-order valence-corrected chi connectivity index (χ1v) is 12.5. The maximum absolute atomic E-state index is 12.9. The fourth-order valence-corrected chi connectivity index (χ4v) is 4.56. The first-order chi connectivity index (χ1) is 17.6. The minimum atomic E-state index is -0.125. The van der Waals surface area contributed by atoms with Crippen LogP contribution in [-0.4, -0.2) is 43.6 Å². The van der Waals surface area contributed by atoms with Gasteiger partial charge in [0.1, 0.15) is 5.69 Å². The minimum Gasteiger partial charge on any atom is -0.353 e. The van der Waals surface area contributed by atoms with E-state index in [2.05, 4.69) is 63.7 Å². The number of amides is 1. The molecule has 0 fully saturated rings. The quantitative estimate of drug-likeness (QED) is 0.231. The summed E-state index contributed by atoms with van der Waals surface area (Å²) in [6.07, 6.45) is 5.21. The Labute approximate surface area is 210 Å². The molecule has 0 atom stereocenters. The lowest BCUT2D eigenvalue weighted by atomic mass is 10.0. The van der Waals surface area contributed by atoms with Crippen LogP contribution in [0.3, 0.4) is 0 Å². The number of rotatable bonds is 9. The average molecular weight is 482 g/mol. The van der Waals surface area contributed by atoms with E-state index in [1.165, 1.54) is 0 Å². The third kappa shape index (κ3) is 4.47. The molecule has 5 aromatic rings. The topological polar surface area (TPSA) is 111 Å². The molecule has 8 heteroatoms. The van der Waals surface area contributed by atoms with Crippen LogP contribution in [0.2, 0.25) is 0 Å². The van der Waals surface area contributed by atoms with Crippen LogP contribution in [0.25, 0.3) is 44.6 Å². The van der Waals surface area contributed by atoms with E-state index >= 15 is 0 Å². The van der Waals surface area contributed by atoms with Gasteiger partial charge in [0.15, 0.2) is 5.65 Å². The zero-order valence-corrected chi connectivity index (χ0v) is 20.9. The van der Waals surface area contributed by atoms with Gasteiger partial charge in [-0.1, -0.05) is 39.0 Å². The Morgan fingerprint density at radius 3 is 2.67 bits per heavy atom. The standard InChI is InChI=1S/C28H31N7O/c1-4-19(5-2)32-28(36)18-14-21-25(34-35-27(21)31-16-18)26-24(20-9-7-8-10-22(20)33-26)23-13-17(11-12-30-23)15-29-6-3/h7-14,16,19,29,33H,4-6,15H2,1-3H3,(H,32,36)(H,31,34,35). The van der Waals surface area contributed by atoms with Crippen LogP contribution in [0.4, 0.5) is 0 Å². The van der Waals surface area contributed by atoms with Gasteiger partial charge in [0, 0.05) is 46.8 Å². The first kappa shape index (κ1) is 23.7. The predicted molar refractivity (Wildman–Crippen MR) is 144 cm³/mol. The Hall–Kier alpha value is -4.04. The molecule has 0 aliphatic carbocycles. The van der Waals surface area contributed by atoms with Gasteiger partial charge in [-0.05, 0) is 49.2 Å². The molecule has 4 N–H and O–H groups in total. The van der Waals surface area contributed by atoms with Crippen molar-refractivity contribution in [3.8, 4) is 22.6 Å². The first-order valence-electron chi connectivity index (χ1n) is 12.5. The van der Waals surface area contributed by atoms with Crippen LogP contribution >= 0.6 is 0 Å². The third-order valence-electron chi connectivity index (χ3n) is 6.60. The number of hydrogen-bond donors (Lipinski definition) is 4. The van der Waals surface area contributed by atoms with Gasteiger partial charge >= 0.3 is 0 Å². The van der Waals surface area contributed by atoms with Gasteiger partial charge in [-0.25, -0.2) is 4.98 Å². The van der Waals surface area contributed by atoms with Crippen LogP contribution in [0, 0.1) is 0 Å². The van der Waals surface area contributed by atoms with Crippen molar-refractivity contribution in [3.63, 3.8) is 0 Å². The molecule has 0 radical (unpaired) electrons. The summed E-state index contributed by atoms with van der Waals surface area (Å²) in [6, 6.07) is 14.3. The largest absolute Gasteiger partial charge is 0.353 e. The number of carbonyl (C=O) groups is 1. The van der Waals surface area contributed by atoms with E-state index in [1.807, 2.05) is 36.5 Å². The summed E-state index contributed by atoms with van der Waals surface area (Å²) in [6.45, 7) is 7.91. The van der Waals surface area contributed by atoms with Crippen molar-refractivity contribution in [1.29, 1.82) is 0 Å². The number of fused-ring (bicyclic) bond motifs is 2. The molecule has 0 bridgehead atoms. The van der Waals surface area contributed by atoms with Crippen molar-refractivity contribution in [2.24, 2.45) is 0 Å². The van der Waals surface area contributed by atoms with Crippen molar-refractivity contribution in [2.45, 2.75) is 46.2 Å². The number of nitrogens with zero attached hydrogens (tertiary/aromatic N) is 3. The van der Waals surface area contributed by atoms with Gasteiger partial charge in [0.05, 0.1) is 17.0 Å². The van der Waals surface area contributed by atoms with Gasteiger partial charge < -0.3 is 15.6 Å². The molecule has 0 aliphatic rings. The molecule has 1 aromatic carbocycles. The van der Waals surface area contributed by atoms with Crippen LogP contribution in [0.5, 0.6) is 0 Å². The molecule has 8 nitrogen and oxygen atoms in total. The smallest absolute Gasteiger partial charge is 0.253 e. The number of carbonyl (C=O) groups excluding carboxylic acids is 1. The normalized spacial score (nSPS) is 11.6. The molecule has 36 heavy (non-hydrogen) atoms. The second-order valence-corrected chi connectivity index (χ2v) is 8.93. The third-order valence-corrected chi connectivity index (χ3v) is 6.60. The molecule has 0 saturated carbocycles. The van der Waals surface area contributed by atoms with Gasteiger partial charge in [-0.3, -0.25) is 14.9 Å². The Morgan fingerprint density at radius 2 is 1.86 bits per heavy atom. The number of hydrogen-bond acceptors (Lipinski definition) is 5. The van der Waals surface area contributed by atoms with E-state index in [0.717, 1.165) is 64.7 Å². The number of benzene rings is 1. The molecule has 1 amide bonds. The van der Waals surface area contributed by atoms with Crippen LogP contribution in [0.15, 0.2) is 54.9 Å². The maximum Gasteiger partial charge on any atom is 0.253 e. The zero-order valence-electron chi connectivity index (χ0n) is 20.9. The average Bonchev–Trinajstić information content (AvgIpc) is 3.51. The Kier molecular flexibility index (Phi) is 6.77. The molecule has 0 aliphatic heterocycles. The molecule has 0 unspecified atom stereocenters. The second-order valence-electron chi connectivity index (χ2n) is 8.93. The molecule has 4 heterocycles. The number of H-pyrrole nitrogens is 2. The molecular formula is C28H31N7O. The van der Waals surface area contributed by atoms with Gasteiger partial charge in [-0.2, -0.15) is 5.10 Å². The summed E-state index contributed by atoms with van der Waals surface area (Å²) < 4.78 is 0. The molecule has 0 saturated heterocycles. The van der Waals surface area contributed by atoms with E-state index in [-0.39, 0.29) is 11.9 Å². The summed E-state index contributed by atoms with van der Waals surface area (Å²) >= 11 is 0. The highest BCUT2D eigenvalue weighted by atomic mass is 16.1. The number of aromatic amines is 2. The van der Waals surface area contributed by atoms with Gasteiger partial charge in [-0.15, -0.1) is 0 Å². The Morgan fingerprint density at radius 1 is 1.03 bits per heavy atom. The van der Waals surface area contributed by atoms with E-state index < -0.39 is 0 Å². The fourth-order valence-electron chi connectivity index (χ4n) is 4.56. The van der Waals surface area contributed by atoms with Crippen molar-refractivity contribution in [3.05, 3.63) is 66.0 Å². The van der Waals surface area contributed by atoms with E-state index in [0.29, 0.717) is 16.9 Å². The Bertz CT molecular complexity index is 1510. The lowest BCUT2D eigenvalue weighted by Gasteiger charge is -2.14. The molecular weight excluding hydrogens is 450 g/mol. The van der Waals surface area contributed by atoms with Gasteiger partial charge in [0.2, 0.25) is 0 Å². The SMILES string of the molecule is CCNCc1ccnc(-c2c(-c3n[nH]c4ncc(C(=O)NC(CC)CC)cc34)[nH]c3ccccc23)c1. The monoisotopic (exact) mass is 481 g/mol. The minimum absolute atomic E-state index is 0.125. The molecule has 5 rings (SSSR count). The van der Waals surface area contributed by atoms with E-state index in [4.69, 9.17) is 4.98 Å². The number of nitrogens with one attached hydrogen (secondary N) is 4. The zero-order chi connectivity index (χ0) is 25.1. The highest BCUT2D eigenvalue weighted by Crippen LogP contribution is 2.39. The van der Waals surface area contributed by atoms with Crippen molar-refractivity contribution >= 4 is 27.8 Å². The molecule has 0 spiro atoms. The van der Waals surface area contributed by atoms with Gasteiger partial charge in [0.25, 0.3) is 5.91 Å². The van der Waals surface area contributed by atoms with Crippen LogP contribution < -0.4 is 10.6 Å². The lowest BCUT2D eigenvalue weighted by Crippen LogP contribution is -2.33. The van der Waals surface area contributed by atoms with Crippen molar-refractivity contribution in [1.82, 2.24) is 35.8 Å². The highest BCUT2D eigenvalue weighted by Gasteiger charge is 2.22. The lowest BCUT2D eigenvalue weighted by molar-refractivity contribution is 0.0934. The van der Waals surface area contributed by atoms with E-state index in [9.17, 15) is 4.79 Å². The number of aromatic nitrogens is 5. The van der Waals surface area contributed by atoms with Crippen LogP contribution in [0.1, 0.15) is 49.5 Å². The summed E-state index contributed by atoms with van der Waals surface area (Å²) in [4.78, 5) is 25.7. The number of para-hydroxylation sites is 1. The Balaban J connectivity index is 1.64. The molecule has 4 aromatic heterocycles. The fraction of sp³-hybridized carbons (Fsp3) is 0.286. The second kappa shape index (κ2) is 10.3. The summed E-state index contributed by atoms with van der Waals surface area (Å²) in [5, 5.41) is 16.0. The molecule has 184 valence electrons. The van der Waals surface area contributed by atoms with Crippen molar-refractivity contribution in [2.75, 3.05) is 6.54 Å². The number of pyridine rings is 2.